The molecule has 0 spiro atoms. The van der Waals surface area contributed by atoms with Crippen LogP contribution in [0.15, 0.2) is 42.5 Å². The van der Waals surface area contributed by atoms with Crippen molar-refractivity contribution in [3.8, 4) is 11.5 Å². The molecule has 0 aliphatic carbocycles. The molecular formula is C23H24N4O3. The third-order valence-electron chi connectivity index (χ3n) is 5.50. The minimum Gasteiger partial charge on any atom is -0.486 e. The van der Waals surface area contributed by atoms with Gasteiger partial charge in [-0.25, -0.2) is 9.78 Å². The SMILES string of the molecule is Cc1ccc2nc(CNC(=O)N3CC=C(c4ccc5c(c4)OCCO5)CC3)[nH]c2c1. The highest BCUT2D eigenvalue weighted by Gasteiger charge is 2.20. The Bertz CT molecular complexity index is 1130. The largest absolute Gasteiger partial charge is 0.486 e. The van der Waals surface area contributed by atoms with E-state index in [2.05, 4.69) is 33.5 Å². The van der Waals surface area contributed by atoms with Crippen LogP contribution in [0.1, 0.15) is 23.4 Å². The molecule has 2 aliphatic heterocycles. The van der Waals surface area contributed by atoms with E-state index in [0.717, 1.165) is 40.3 Å². The van der Waals surface area contributed by atoms with Gasteiger partial charge in [-0.1, -0.05) is 18.2 Å². The summed E-state index contributed by atoms with van der Waals surface area (Å²) in [6, 6.07) is 12.0. The maximum absolute atomic E-state index is 12.6. The molecule has 3 aromatic rings. The van der Waals surface area contributed by atoms with Gasteiger partial charge in [0.2, 0.25) is 0 Å². The summed E-state index contributed by atoms with van der Waals surface area (Å²) >= 11 is 0. The average molecular weight is 404 g/mol. The summed E-state index contributed by atoms with van der Waals surface area (Å²) in [5, 5.41) is 2.97. The number of H-pyrrole nitrogens is 1. The Morgan fingerprint density at radius 2 is 2.03 bits per heavy atom. The molecule has 3 heterocycles. The summed E-state index contributed by atoms with van der Waals surface area (Å²) in [4.78, 5) is 22.2. The van der Waals surface area contributed by atoms with Gasteiger partial charge in [0.05, 0.1) is 17.6 Å². The Hall–Kier alpha value is -3.48. The van der Waals surface area contributed by atoms with Gasteiger partial charge in [0.1, 0.15) is 19.0 Å². The number of urea groups is 1. The molecule has 0 saturated carbocycles. The smallest absolute Gasteiger partial charge is 0.318 e. The quantitative estimate of drug-likeness (QED) is 0.699. The lowest BCUT2D eigenvalue weighted by atomic mass is 9.99. The topological polar surface area (TPSA) is 79.5 Å². The number of fused-ring (bicyclic) bond motifs is 2. The van der Waals surface area contributed by atoms with Crippen molar-refractivity contribution in [3.63, 3.8) is 0 Å². The van der Waals surface area contributed by atoms with Gasteiger partial charge in [0.25, 0.3) is 0 Å². The summed E-state index contributed by atoms with van der Waals surface area (Å²) in [5.74, 6) is 2.34. The number of nitrogens with zero attached hydrogens (tertiary/aromatic N) is 2. The van der Waals surface area contributed by atoms with Crippen LogP contribution < -0.4 is 14.8 Å². The molecule has 2 aliphatic rings. The number of aryl methyl sites for hydroxylation is 1. The highest BCUT2D eigenvalue weighted by Crippen LogP contribution is 2.34. The fourth-order valence-electron chi connectivity index (χ4n) is 3.89. The summed E-state index contributed by atoms with van der Waals surface area (Å²) in [5.41, 5.74) is 5.43. The highest BCUT2D eigenvalue weighted by atomic mass is 16.6. The van der Waals surface area contributed by atoms with E-state index in [1.807, 2.05) is 36.1 Å². The molecule has 2 N–H and O–H groups in total. The average Bonchev–Trinajstić information content (AvgIpc) is 3.19. The number of carbonyl (C=O) groups excluding carboxylic acids is 1. The number of benzene rings is 2. The van der Waals surface area contributed by atoms with E-state index in [-0.39, 0.29) is 6.03 Å². The number of nitrogens with one attached hydrogen (secondary N) is 2. The molecule has 2 amide bonds. The van der Waals surface area contributed by atoms with Gasteiger partial charge in [-0.3, -0.25) is 0 Å². The van der Waals surface area contributed by atoms with Gasteiger partial charge in [0.15, 0.2) is 11.5 Å². The molecule has 0 atom stereocenters. The number of hydrogen-bond acceptors (Lipinski definition) is 4. The summed E-state index contributed by atoms with van der Waals surface area (Å²) < 4.78 is 11.3. The summed E-state index contributed by atoms with van der Waals surface area (Å²) in [6.45, 7) is 4.84. The van der Waals surface area contributed by atoms with E-state index in [1.165, 1.54) is 11.1 Å². The van der Waals surface area contributed by atoms with E-state index in [9.17, 15) is 4.79 Å². The predicted molar refractivity (Wildman–Crippen MR) is 115 cm³/mol. The van der Waals surface area contributed by atoms with Crippen LogP contribution >= 0.6 is 0 Å². The van der Waals surface area contributed by atoms with Crippen LogP contribution in [0.5, 0.6) is 11.5 Å². The van der Waals surface area contributed by atoms with Gasteiger partial charge in [-0.15, -0.1) is 0 Å². The fourth-order valence-corrected chi connectivity index (χ4v) is 3.89. The first-order chi connectivity index (χ1) is 14.7. The van der Waals surface area contributed by atoms with Gasteiger partial charge in [0, 0.05) is 13.1 Å². The second-order valence-electron chi connectivity index (χ2n) is 7.65. The minimum absolute atomic E-state index is 0.0795. The van der Waals surface area contributed by atoms with E-state index in [4.69, 9.17) is 9.47 Å². The third kappa shape index (κ3) is 3.70. The molecule has 30 heavy (non-hydrogen) atoms. The summed E-state index contributed by atoms with van der Waals surface area (Å²) in [7, 11) is 0. The molecule has 5 rings (SSSR count). The number of carbonyl (C=O) groups is 1. The van der Waals surface area contributed by atoms with Crippen LogP contribution in [0.4, 0.5) is 4.79 Å². The Labute approximate surface area is 174 Å². The van der Waals surface area contributed by atoms with Crippen molar-refractivity contribution in [3.05, 3.63) is 59.4 Å². The maximum Gasteiger partial charge on any atom is 0.318 e. The highest BCUT2D eigenvalue weighted by molar-refractivity contribution is 5.78. The number of imidazole rings is 1. The molecule has 7 heteroatoms. The number of rotatable bonds is 3. The number of ether oxygens (including phenoxy) is 2. The Balaban J connectivity index is 1.20. The Morgan fingerprint density at radius 1 is 1.17 bits per heavy atom. The monoisotopic (exact) mass is 404 g/mol. The van der Waals surface area contributed by atoms with Crippen LogP contribution in [0.2, 0.25) is 0 Å². The van der Waals surface area contributed by atoms with Crippen molar-refractivity contribution < 1.29 is 14.3 Å². The Morgan fingerprint density at radius 3 is 2.87 bits per heavy atom. The number of aromatic amines is 1. The normalized spacial score (nSPS) is 15.8. The third-order valence-corrected chi connectivity index (χ3v) is 5.50. The van der Waals surface area contributed by atoms with Gasteiger partial charge >= 0.3 is 6.03 Å². The first-order valence-electron chi connectivity index (χ1n) is 10.2. The number of aromatic nitrogens is 2. The van der Waals surface area contributed by atoms with E-state index in [0.29, 0.717) is 32.8 Å². The van der Waals surface area contributed by atoms with Crippen molar-refractivity contribution >= 4 is 22.6 Å². The maximum atomic E-state index is 12.6. The second kappa shape index (κ2) is 7.74. The van der Waals surface area contributed by atoms with Gasteiger partial charge < -0.3 is 24.7 Å². The minimum atomic E-state index is -0.0795. The van der Waals surface area contributed by atoms with Crippen molar-refractivity contribution in [2.75, 3.05) is 26.3 Å². The van der Waals surface area contributed by atoms with Crippen molar-refractivity contribution in [1.82, 2.24) is 20.2 Å². The van der Waals surface area contributed by atoms with Crippen LogP contribution in [-0.2, 0) is 6.54 Å². The zero-order valence-electron chi connectivity index (χ0n) is 16.9. The zero-order valence-corrected chi connectivity index (χ0v) is 16.9. The van der Waals surface area contributed by atoms with Crippen LogP contribution in [0.3, 0.4) is 0 Å². The lowest BCUT2D eigenvalue weighted by molar-refractivity contribution is 0.171. The van der Waals surface area contributed by atoms with E-state index in [1.54, 1.807) is 0 Å². The second-order valence-corrected chi connectivity index (χ2v) is 7.65. The molecule has 154 valence electrons. The van der Waals surface area contributed by atoms with Crippen LogP contribution in [0.25, 0.3) is 16.6 Å². The van der Waals surface area contributed by atoms with E-state index < -0.39 is 0 Å². The molecule has 2 aromatic carbocycles. The molecule has 0 fully saturated rings. The molecular weight excluding hydrogens is 380 g/mol. The fraction of sp³-hybridized carbons (Fsp3) is 0.304. The van der Waals surface area contributed by atoms with Crippen LogP contribution in [-0.4, -0.2) is 47.2 Å². The predicted octanol–water partition coefficient (Wildman–Crippen LogP) is 3.64. The number of hydrogen-bond donors (Lipinski definition) is 2. The summed E-state index contributed by atoms with van der Waals surface area (Å²) in [6.07, 6.45) is 2.91. The van der Waals surface area contributed by atoms with Gasteiger partial charge in [-0.05, 0) is 54.3 Å². The molecule has 0 unspecified atom stereocenters. The lowest BCUT2D eigenvalue weighted by Gasteiger charge is -2.27. The molecule has 1 aromatic heterocycles. The van der Waals surface area contributed by atoms with Crippen molar-refractivity contribution in [2.24, 2.45) is 0 Å². The first kappa shape index (κ1) is 18.5. The lowest BCUT2D eigenvalue weighted by Crippen LogP contribution is -2.41. The van der Waals surface area contributed by atoms with Crippen LogP contribution in [0, 0.1) is 6.92 Å². The zero-order chi connectivity index (χ0) is 20.5. The Kier molecular flexibility index (Phi) is 4.78. The first-order valence-corrected chi connectivity index (χ1v) is 10.2. The van der Waals surface area contributed by atoms with Gasteiger partial charge in [-0.2, -0.15) is 0 Å². The standard InChI is InChI=1S/C23H24N4O3/c1-15-2-4-18-19(12-15)26-22(25-18)14-24-23(28)27-8-6-16(7-9-27)17-3-5-20-21(13-17)30-11-10-29-20/h2-6,12-13H,7-11,14H2,1H3,(H,24,28)(H,25,26). The van der Waals surface area contributed by atoms with Crippen molar-refractivity contribution in [1.29, 1.82) is 0 Å². The molecule has 0 saturated heterocycles. The number of amides is 2. The molecule has 0 bridgehead atoms. The van der Waals surface area contributed by atoms with Crippen molar-refractivity contribution in [2.45, 2.75) is 19.9 Å². The molecule has 7 nitrogen and oxygen atoms in total. The molecule has 0 radical (unpaired) electrons. The van der Waals surface area contributed by atoms with E-state index >= 15 is 0 Å².